The van der Waals surface area contributed by atoms with E-state index in [9.17, 15) is 0 Å². The molecule has 1 aromatic rings. The van der Waals surface area contributed by atoms with Gasteiger partial charge in [0, 0.05) is 18.6 Å². The first kappa shape index (κ1) is 16.3. The first-order valence-corrected chi connectivity index (χ1v) is 8.44. The molecule has 1 aromatic carbocycles. The zero-order valence-electron chi connectivity index (χ0n) is 13.8. The highest BCUT2D eigenvalue weighted by atomic mass is 16.5. The monoisotopic (exact) mass is 290 g/mol. The van der Waals surface area contributed by atoms with E-state index in [-0.39, 0.29) is 0 Å². The first-order valence-electron chi connectivity index (χ1n) is 8.44. The van der Waals surface area contributed by atoms with Gasteiger partial charge in [0.25, 0.3) is 0 Å². The Bertz CT molecular complexity index is 398. The summed E-state index contributed by atoms with van der Waals surface area (Å²) < 4.78 is 5.53. The van der Waals surface area contributed by atoms with Crippen molar-refractivity contribution in [1.29, 1.82) is 0 Å². The highest BCUT2D eigenvalue weighted by Crippen LogP contribution is 2.23. The Kier molecular flexibility index (Phi) is 6.52. The van der Waals surface area contributed by atoms with Gasteiger partial charge in [-0.3, -0.25) is 4.90 Å². The molecular formula is C18H30N2O. The molecule has 0 saturated carbocycles. The predicted molar refractivity (Wildman–Crippen MR) is 88.9 cm³/mol. The third-order valence-corrected chi connectivity index (χ3v) is 4.49. The lowest BCUT2D eigenvalue weighted by atomic mass is 10.0. The summed E-state index contributed by atoms with van der Waals surface area (Å²) in [5, 5.41) is 3.65. The molecule has 0 radical (unpaired) electrons. The fraction of sp³-hybridized carbons (Fsp3) is 0.667. The van der Waals surface area contributed by atoms with E-state index in [0.717, 1.165) is 25.4 Å². The molecule has 1 aliphatic heterocycles. The molecule has 0 amide bonds. The summed E-state index contributed by atoms with van der Waals surface area (Å²) in [7, 11) is 0. The zero-order chi connectivity index (χ0) is 15.1. The Hall–Kier alpha value is -1.06. The van der Waals surface area contributed by atoms with E-state index in [2.05, 4.69) is 48.3 Å². The van der Waals surface area contributed by atoms with Crippen LogP contribution in [0.15, 0.2) is 24.3 Å². The molecule has 2 unspecified atom stereocenters. The lowest BCUT2D eigenvalue weighted by molar-refractivity contribution is 0.184. The van der Waals surface area contributed by atoms with Gasteiger partial charge >= 0.3 is 0 Å². The lowest BCUT2D eigenvalue weighted by Crippen LogP contribution is -2.44. The minimum atomic E-state index is 0.453. The maximum Gasteiger partial charge on any atom is 0.119 e. The molecular weight excluding hydrogens is 260 g/mol. The van der Waals surface area contributed by atoms with E-state index in [1.807, 2.05) is 6.92 Å². The predicted octanol–water partition coefficient (Wildman–Crippen LogP) is 3.61. The number of nitrogens with one attached hydrogen (secondary N) is 1. The molecule has 0 spiro atoms. The van der Waals surface area contributed by atoms with Gasteiger partial charge in [-0.15, -0.1) is 0 Å². The molecule has 1 aliphatic rings. The van der Waals surface area contributed by atoms with Crippen molar-refractivity contribution in [2.75, 3.05) is 26.2 Å². The van der Waals surface area contributed by atoms with Gasteiger partial charge in [-0.05, 0) is 57.5 Å². The van der Waals surface area contributed by atoms with Gasteiger partial charge in [0.15, 0.2) is 0 Å². The van der Waals surface area contributed by atoms with Crippen molar-refractivity contribution in [1.82, 2.24) is 10.2 Å². The van der Waals surface area contributed by atoms with E-state index < -0.39 is 0 Å². The number of hydrogen-bond donors (Lipinski definition) is 1. The van der Waals surface area contributed by atoms with Crippen molar-refractivity contribution in [2.45, 2.75) is 52.1 Å². The number of piperidine rings is 1. The Labute approximate surface area is 129 Å². The normalized spacial score (nSPS) is 20.5. The Balaban J connectivity index is 1.95. The molecule has 118 valence electrons. The molecule has 0 aromatic heterocycles. The SMILES string of the molecule is CCOc1ccc(C(C)N(CC)CC2CCCCN2)cc1. The number of hydrogen-bond acceptors (Lipinski definition) is 3. The van der Waals surface area contributed by atoms with Crippen LogP contribution in [0.3, 0.4) is 0 Å². The Morgan fingerprint density at radius 2 is 2.00 bits per heavy atom. The summed E-state index contributed by atoms with van der Waals surface area (Å²) in [6.07, 6.45) is 4.01. The third kappa shape index (κ3) is 4.72. The van der Waals surface area contributed by atoms with Gasteiger partial charge in [-0.2, -0.15) is 0 Å². The molecule has 1 N–H and O–H groups in total. The second-order valence-corrected chi connectivity index (χ2v) is 5.91. The average molecular weight is 290 g/mol. The lowest BCUT2D eigenvalue weighted by Gasteiger charge is -2.34. The summed E-state index contributed by atoms with van der Waals surface area (Å²) in [6, 6.07) is 9.68. The molecule has 21 heavy (non-hydrogen) atoms. The smallest absolute Gasteiger partial charge is 0.119 e. The molecule has 1 saturated heterocycles. The molecule has 1 heterocycles. The van der Waals surface area contributed by atoms with Gasteiger partial charge in [-0.1, -0.05) is 25.5 Å². The summed E-state index contributed by atoms with van der Waals surface area (Å²) >= 11 is 0. The van der Waals surface area contributed by atoms with Crippen molar-refractivity contribution in [2.24, 2.45) is 0 Å². The minimum absolute atomic E-state index is 0.453. The second-order valence-electron chi connectivity index (χ2n) is 5.91. The number of benzene rings is 1. The zero-order valence-corrected chi connectivity index (χ0v) is 13.8. The van der Waals surface area contributed by atoms with Gasteiger partial charge in [0.05, 0.1) is 6.61 Å². The minimum Gasteiger partial charge on any atom is -0.494 e. The van der Waals surface area contributed by atoms with E-state index in [0.29, 0.717) is 12.1 Å². The van der Waals surface area contributed by atoms with Crippen LogP contribution in [0.1, 0.15) is 51.6 Å². The van der Waals surface area contributed by atoms with Gasteiger partial charge in [-0.25, -0.2) is 0 Å². The highest BCUT2D eigenvalue weighted by Gasteiger charge is 2.20. The van der Waals surface area contributed by atoms with Crippen LogP contribution in [0.4, 0.5) is 0 Å². The largest absolute Gasteiger partial charge is 0.494 e. The molecule has 3 nitrogen and oxygen atoms in total. The summed E-state index contributed by atoms with van der Waals surface area (Å²) in [5.41, 5.74) is 1.37. The molecule has 0 aliphatic carbocycles. The number of nitrogens with zero attached hydrogens (tertiary/aromatic N) is 1. The van der Waals surface area contributed by atoms with Crippen LogP contribution >= 0.6 is 0 Å². The van der Waals surface area contributed by atoms with Crippen molar-refractivity contribution < 1.29 is 4.74 Å². The van der Waals surface area contributed by atoms with Gasteiger partial charge in [0.2, 0.25) is 0 Å². The van der Waals surface area contributed by atoms with Crippen LogP contribution in [0.2, 0.25) is 0 Å². The maximum absolute atomic E-state index is 5.53. The van der Waals surface area contributed by atoms with Crippen molar-refractivity contribution in [3.8, 4) is 5.75 Å². The van der Waals surface area contributed by atoms with Crippen LogP contribution in [-0.2, 0) is 0 Å². The molecule has 0 bridgehead atoms. The first-order chi connectivity index (χ1) is 10.2. The van der Waals surface area contributed by atoms with E-state index >= 15 is 0 Å². The van der Waals surface area contributed by atoms with Gasteiger partial charge < -0.3 is 10.1 Å². The van der Waals surface area contributed by atoms with Crippen molar-refractivity contribution >= 4 is 0 Å². The van der Waals surface area contributed by atoms with Crippen LogP contribution < -0.4 is 10.1 Å². The second kappa shape index (κ2) is 8.40. The summed E-state index contributed by atoms with van der Waals surface area (Å²) in [5.74, 6) is 0.963. The number of likely N-dealkylation sites (N-methyl/N-ethyl adjacent to an activating group) is 1. The Morgan fingerprint density at radius 3 is 2.57 bits per heavy atom. The summed E-state index contributed by atoms with van der Waals surface area (Å²) in [4.78, 5) is 2.57. The molecule has 2 atom stereocenters. The van der Waals surface area contributed by atoms with Crippen molar-refractivity contribution in [3.05, 3.63) is 29.8 Å². The van der Waals surface area contributed by atoms with E-state index in [4.69, 9.17) is 4.74 Å². The third-order valence-electron chi connectivity index (χ3n) is 4.49. The maximum atomic E-state index is 5.53. The highest BCUT2D eigenvalue weighted by molar-refractivity contribution is 5.29. The fourth-order valence-electron chi connectivity index (χ4n) is 3.14. The van der Waals surface area contributed by atoms with E-state index in [1.165, 1.54) is 31.4 Å². The summed E-state index contributed by atoms with van der Waals surface area (Å²) in [6.45, 7) is 10.7. The quantitative estimate of drug-likeness (QED) is 0.830. The standard InChI is InChI=1S/C18H30N2O/c1-4-20(14-17-8-6-7-13-19-17)15(3)16-9-11-18(12-10-16)21-5-2/h9-12,15,17,19H,4-8,13-14H2,1-3H3. The fourth-order valence-corrected chi connectivity index (χ4v) is 3.14. The topological polar surface area (TPSA) is 24.5 Å². The van der Waals surface area contributed by atoms with Crippen LogP contribution in [0, 0.1) is 0 Å². The molecule has 2 rings (SSSR count). The van der Waals surface area contributed by atoms with Gasteiger partial charge in [0.1, 0.15) is 5.75 Å². The van der Waals surface area contributed by atoms with Crippen LogP contribution in [0.5, 0.6) is 5.75 Å². The number of rotatable bonds is 7. The Morgan fingerprint density at radius 1 is 1.24 bits per heavy atom. The van der Waals surface area contributed by atoms with Crippen LogP contribution in [0.25, 0.3) is 0 Å². The van der Waals surface area contributed by atoms with E-state index in [1.54, 1.807) is 0 Å². The number of ether oxygens (including phenoxy) is 1. The van der Waals surface area contributed by atoms with Crippen molar-refractivity contribution in [3.63, 3.8) is 0 Å². The molecule has 3 heteroatoms. The molecule has 1 fully saturated rings. The van der Waals surface area contributed by atoms with Crippen LogP contribution in [-0.4, -0.2) is 37.2 Å². The average Bonchev–Trinajstić information content (AvgIpc) is 2.54.